The van der Waals surface area contributed by atoms with Gasteiger partial charge in [0.05, 0.1) is 11.3 Å². The lowest BCUT2D eigenvalue weighted by Gasteiger charge is -2.11. The fraction of sp³-hybridized carbons (Fsp3) is 0.222. The summed E-state index contributed by atoms with van der Waals surface area (Å²) in [7, 11) is 0. The monoisotopic (exact) mass is 387 g/mol. The average Bonchev–Trinajstić information content (AvgIpc) is 2.95. The van der Waals surface area contributed by atoms with E-state index in [2.05, 4.69) is 15.7 Å². The molecule has 27 heavy (non-hydrogen) atoms. The number of nitrogens with zero attached hydrogens (tertiary/aromatic N) is 3. The number of rotatable bonds is 6. The molecule has 2 heterocycles. The first-order chi connectivity index (χ1) is 13.0. The van der Waals surface area contributed by atoms with Crippen molar-refractivity contribution < 1.29 is 9.59 Å². The zero-order valence-corrected chi connectivity index (χ0v) is 15.4. The summed E-state index contributed by atoms with van der Waals surface area (Å²) in [6.07, 6.45) is 2.37. The van der Waals surface area contributed by atoms with E-state index < -0.39 is 11.6 Å². The smallest absolute Gasteiger partial charge is 0.350 e. The van der Waals surface area contributed by atoms with Crippen LogP contribution in [0, 0.1) is 0 Å². The maximum absolute atomic E-state index is 12.4. The fourth-order valence-electron chi connectivity index (χ4n) is 2.55. The van der Waals surface area contributed by atoms with Crippen LogP contribution in [0.4, 0.5) is 5.69 Å². The standard InChI is InChI=1S/C18H18ClN5O3/c1-2-8-20-17(26)13-7-6-12(19)10-14(13)21-16(25)11-24-18(27)23-9-4-3-5-15(23)22-24/h3-7,9-10H,2,8,11H2,1H3,(H,20,26)(H,21,25). The largest absolute Gasteiger partial charge is 0.352 e. The highest BCUT2D eigenvalue weighted by atomic mass is 35.5. The number of amides is 2. The molecule has 2 amide bonds. The quantitative estimate of drug-likeness (QED) is 0.675. The number of aromatic nitrogens is 3. The lowest BCUT2D eigenvalue weighted by molar-refractivity contribution is -0.117. The van der Waals surface area contributed by atoms with Gasteiger partial charge in [-0.1, -0.05) is 24.6 Å². The van der Waals surface area contributed by atoms with Crippen LogP contribution in [0.2, 0.25) is 5.02 Å². The predicted molar refractivity (Wildman–Crippen MR) is 102 cm³/mol. The minimum atomic E-state index is -0.493. The lowest BCUT2D eigenvalue weighted by Crippen LogP contribution is -2.29. The SMILES string of the molecule is CCCNC(=O)c1ccc(Cl)cc1NC(=O)Cn1nc2ccccn2c1=O. The second-order valence-corrected chi connectivity index (χ2v) is 6.30. The van der Waals surface area contributed by atoms with E-state index in [-0.39, 0.29) is 18.1 Å². The molecule has 3 aromatic rings. The Hall–Kier alpha value is -3.13. The van der Waals surface area contributed by atoms with Gasteiger partial charge in [-0.3, -0.25) is 14.0 Å². The molecule has 0 saturated carbocycles. The molecule has 0 unspecified atom stereocenters. The molecule has 140 valence electrons. The van der Waals surface area contributed by atoms with Gasteiger partial charge < -0.3 is 10.6 Å². The van der Waals surface area contributed by atoms with Gasteiger partial charge in [0.1, 0.15) is 6.54 Å². The third-order valence-electron chi connectivity index (χ3n) is 3.82. The van der Waals surface area contributed by atoms with E-state index in [1.54, 1.807) is 36.5 Å². The third kappa shape index (κ3) is 4.17. The molecule has 3 rings (SSSR count). The second kappa shape index (κ2) is 8.05. The molecule has 0 saturated heterocycles. The molecule has 2 N–H and O–H groups in total. The number of hydrogen-bond donors (Lipinski definition) is 2. The van der Waals surface area contributed by atoms with Crippen molar-refractivity contribution >= 4 is 34.7 Å². The number of pyridine rings is 1. The Bertz CT molecular complexity index is 1060. The average molecular weight is 388 g/mol. The fourth-order valence-corrected chi connectivity index (χ4v) is 2.72. The molecule has 8 nitrogen and oxygen atoms in total. The van der Waals surface area contributed by atoms with Crippen molar-refractivity contribution in [3.05, 3.63) is 63.7 Å². The molecular formula is C18H18ClN5O3. The van der Waals surface area contributed by atoms with Gasteiger partial charge in [-0.2, -0.15) is 0 Å². The molecule has 0 bridgehead atoms. The maximum atomic E-state index is 12.4. The van der Waals surface area contributed by atoms with Gasteiger partial charge in [-0.25, -0.2) is 9.48 Å². The van der Waals surface area contributed by atoms with Gasteiger partial charge in [0.2, 0.25) is 5.91 Å². The lowest BCUT2D eigenvalue weighted by atomic mass is 10.1. The van der Waals surface area contributed by atoms with Crippen LogP contribution in [-0.2, 0) is 11.3 Å². The number of halogens is 1. The van der Waals surface area contributed by atoms with Gasteiger partial charge >= 0.3 is 5.69 Å². The number of carbonyl (C=O) groups is 2. The van der Waals surface area contributed by atoms with Gasteiger partial charge in [0, 0.05) is 17.8 Å². The van der Waals surface area contributed by atoms with Crippen LogP contribution in [0.5, 0.6) is 0 Å². The first-order valence-electron chi connectivity index (χ1n) is 8.41. The van der Waals surface area contributed by atoms with Crippen LogP contribution >= 0.6 is 11.6 Å². The van der Waals surface area contributed by atoms with Crippen LogP contribution in [0.1, 0.15) is 23.7 Å². The number of benzene rings is 1. The van der Waals surface area contributed by atoms with Crippen molar-refractivity contribution in [1.82, 2.24) is 19.5 Å². The zero-order chi connectivity index (χ0) is 19.4. The molecule has 0 radical (unpaired) electrons. The molecule has 0 aliphatic rings. The highest BCUT2D eigenvalue weighted by molar-refractivity contribution is 6.31. The molecule has 0 spiro atoms. The van der Waals surface area contributed by atoms with Crippen molar-refractivity contribution in [1.29, 1.82) is 0 Å². The highest BCUT2D eigenvalue weighted by Crippen LogP contribution is 2.21. The third-order valence-corrected chi connectivity index (χ3v) is 4.05. The Morgan fingerprint density at radius 2 is 2.04 bits per heavy atom. The minimum absolute atomic E-state index is 0.276. The van der Waals surface area contributed by atoms with E-state index in [9.17, 15) is 14.4 Å². The summed E-state index contributed by atoms with van der Waals surface area (Å²) in [4.78, 5) is 36.9. The molecule has 1 aromatic carbocycles. The summed E-state index contributed by atoms with van der Waals surface area (Å²) >= 11 is 5.99. The normalized spacial score (nSPS) is 10.7. The van der Waals surface area contributed by atoms with Gasteiger partial charge in [0.25, 0.3) is 5.91 Å². The predicted octanol–water partition coefficient (Wildman–Crippen LogP) is 1.93. The van der Waals surface area contributed by atoms with E-state index in [0.29, 0.717) is 22.8 Å². The summed E-state index contributed by atoms with van der Waals surface area (Å²) < 4.78 is 2.41. The molecular weight excluding hydrogens is 370 g/mol. The van der Waals surface area contributed by atoms with Crippen LogP contribution < -0.4 is 16.3 Å². The number of nitrogens with one attached hydrogen (secondary N) is 2. The van der Waals surface area contributed by atoms with Gasteiger partial charge in [-0.05, 0) is 36.8 Å². The van der Waals surface area contributed by atoms with E-state index in [1.165, 1.54) is 10.5 Å². The minimum Gasteiger partial charge on any atom is -0.352 e. The summed E-state index contributed by atoms with van der Waals surface area (Å²) in [6.45, 7) is 2.17. The van der Waals surface area contributed by atoms with Crippen molar-refractivity contribution in [3.8, 4) is 0 Å². The number of carbonyl (C=O) groups excluding carboxylic acids is 2. The second-order valence-electron chi connectivity index (χ2n) is 5.86. The molecule has 0 aliphatic carbocycles. The highest BCUT2D eigenvalue weighted by Gasteiger charge is 2.16. The van der Waals surface area contributed by atoms with Gasteiger partial charge in [-0.15, -0.1) is 5.10 Å². The van der Waals surface area contributed by atoms with E-state index >= 15 is 0 Å². The van der Waals surface area contributed by atoms with Crippen molar-refractivity contribution in [2.75, 3.05) is 11.9 Å². The maximum Gasteiger partial charge on any atom is 0.350 e. The Kier molecular flexibility index (Phi) is 5.56. The summed E-state index contributed by atoms with van der Waals surface area (Å²) in [5.41, 5.74) is 0.590. The molecule has 0 atom stereocenters. The summed E-state index contributed by atoms with van der Waals surface area (Å²) in [6, 6.07) is 9.73. The van der Waals surface area contributed by atoms with Crippen molar-refractivity contribution in [3.63, 3.8) is 0 Å². The first kappa shape index (κ1) is 18.7. The van der Waals surface area contributed by atoms with Crippen LogP contribution in [0.3, 0.4) is 0 Å². The number of anilines is 1. The Morgan fingerprint density at radius 3 is 2.78 bits per heavy atom. The zero-order valence-electron chi connectivity index (χ0n) is 14.6. The topological polar surface area (TPSA) is 97.5 Å². The number of hydrogen-bond acceptors (Lipinski definition) is 4. The van der Waals surface area contributed by atoms with Crippen molar-refractivity contribution in [2.24, 2.45) is 0 Å². The van der Waals surface area contributed by atoms with E-state index in [1.807, 2.05) is 6.92 Å². The Morgan fingerprint density at radius 1 is 1.22 bits per heavy atom. The Balaban J connectivity index is 1.81. The van der Waals surface area contributed by atoms with E-state index in [0.717, 1.165) is 11.1 Å². The van der Waals surface area contributed by atoms with Gasteiger partial charge in [0.15, 0.2) is 5.65 Å². The molecule has 0 aliphatic heterocycles. The Labute approximate surface area is 159 Å². The van der Waals surface area contributed by atoms with Crippen LogP contribution in [-0.4, -0.2) is 32.5 Å². The van der Waals surface area contributed by atoms with Crippen LogP contribution in [0.25, 0.3) is 5.65 Å². The number of fused-ring (bicyclic) bond motifs is 1. The van der Waals surface area contributed by atoms with Crippen molar-refractivity contribution in [2.45, 2.75) is 19.9 Å². The summed E-state index contributed by atoms with van der Waals surface area (Å²) in [5.74, 6) is -0.805. The molecule has 2 aromatic heterocycles. The van der Waals surface area contributed by atoms with Crippen LogP contribution in [0.15, 0.2) is 47.4 Å². The molecule has 9 heteroatoms. The summed E-state index contributed by atoms with van der Waals surface area (Å²) in [5, 5.41) is 9.88. The first-order valence-corrected chi connectivity index (χ1v) is 8.79. The van der Waals surface area contributed by atoms with E-state index in [4.69, 9.17) is 11.6 Å². The molecule has 0 fully saturated rings.